The Bertz CT molecular complexity index is 362. The molecule has 1 aromatic rings. The normalized spacial score (nSPS) is 11.5. The van der Waals surface area contributed by atoms with Crippen LogP contribution in [0.15, 0.2) is 6.20 Å². The summed E-state index contributed by atoms with van der Waals surface area (Å²) in [7, 11) is 1.80. The maximum Gasteiger partial charge on any atom is 0.230 e. The predicted octanol–water partition coefficient (Wildman–Crippen LogP) is 0.863. The van der Waals surface area contributed by atoms with Gasteiger partial charge < -0.3 is 11.1 Å². The number of carbonyl (C=O) groups is 1. The van der Waals surface area contributed by atoms with E-state index in [4.69, 9.17) is 5.73 Å². The molecule has 0 aliphatic heterocycles. The molecule has 0 aromatic carbocycles. The van der Waals surface area contributed by atoms with Crippen LogP contribution in [-0.2, 0) is 18.4 Å². The van der Waals surface area contributed by atoms with Crippen LogP contribution in [0.1, 0.15) is 26.3 Å². The maximum absolute atomic E-state index is 11.7. The van der Waals surface area contributed by atoms with Gasteiger partial charge in [-0.05, 0) is 0 Å². The Morgan fingerprint density at radius 1 is 1.60 bits per heavy atom. The molecule has 84 valence electrons. The largest absolute Gasteiger partial charge is 0.326 e. The fourth-order valence-corrected chi connectivity index (χ4v) is 1.09. The number of hydrogen-bond donors (Lipinski definition) is 2. The third kappa shape index (κ3) is 2.79. The van der Waals surface area contributed by atoms with E-state index in [1.165, 1.54) is 0 Å². The Morgan fingerprint density at radius 2 is 2.20 bits per heavy atom. The SMILES string of the molecule is Cn1cc(CN)c(NC(=O)C(C)(C)C)n1. The van der Waals surface area contributed by atoms with Gasteiger partial charge in [-0.15, -0.1) is 0 Å². The number of rotatable bonds is 2. The molecule has 0 radical (unpaired) electrons. The summed E-state index contributed by atoms with van der Waals surface area (Å²) < 4.78 is 1.64. The highest BCUT2D eigenvalue weighted by molar-refractivity contribution is 5.94. The van der Waals surface area contributed by atoms with E-state index in [0.717, 1.165) is 5.56 Å². The molecule has 0 fully saturated rings. The molecule has 3 N–H and O–H groups in total. The molecular weight excluding hydrogens is 192 g/mol. The van der Waals surface area contributed by atoms with E-state index in [1.54, 1.807) is 17.9 Å². The van der Waals surface area contributed by atoms with E-state index >= 15 is 0 Å². The van der Waals surface area contributed by atoms with Crippen LogP contribution in [0, 0.1) is 5.41 Å². The van der Waals surface area contributed by atoms with Crippen LogP contribution in [0.5, 0.6) is 0 Å². The van der Waals surface area contributed by atoms with Gasteiger partial charge in [0.25, 0.3) is 0 Å². The van der Waals surface area contributed by atoms with Gasteiger partial charge in [0.05, 0.1) is 0 Å². The second-order valence-electron chi connectivity index (χ2n) is 4.58. The number of aromatic nitrogens is 2. The highest BCUT2D eigenvalue weighted by Gasteiger charge is 2.22. The maximum atomic E-state index is 11.7. The molecule has 1 aromatic heterocycles. The van der Waals surface area contributed by atoms with Crippen LogP contribution in [0.2, 0.25) is 0 Å². The molecule has 1 rings (SSSR count). The van der Waals surface area contributed by atoms with Gasteiger partial charge in [0.1, 0.15) is 0 Å². The highest BCUT2D eigenvalue weighted by atomic mass is 16.2. The molecule has 15 heavy (non-hydrogen) atoms. The molecule has 0 atom stereocenters. The number of nitrogens with one attached hydrogen (secondary N) is 1. The number of hydrogen-bond acceptors (Lipinski definition) is 3. The number of nitrogens with zero attached hydrogens (tertiary/aromatic N) is 2. The van der Waals surface area contributed by atoms with Crippen molar-refractivity contribution in [3.63, 3.8) is 0 Å². The van der Waals surface area contributed by atoms with E-state index in [0.29, 0.717) is 12.4 Å². The number of anilines is 1. The van der Waals surface area contributed by atoms with Crippen LogP contribution in [0.3, 0.4) is 0 Å². The lowest BCUT2D eigenvalue weighted by Gasteiger charge is -2.16. The highest BCUT2D eigenvalue weighted by Crippen LogP contribution is 2.18. The summed E-state index contributed by atoms with van der Waals surface area (Å²) in [6, 6.07) is 0. The molecule has 0 unspecified atom stereocenters. The first kappa shape index (κ1) is 11.7. The average molecular weight is 210 g/mol. The Balaban J connectivity index is 2.85. The van der Waals surface area contributed by atoms with Crippen LogP contribution in [0.4, 0.5) is 5.82 Å². The summed E-state index contributed by atoms with van der Waals surface area (Å²) in [6.07, 6.45) is 1.80. The van der Waals surface area contributed by atoms with Gasteiger partial charge >= 0.3 is 0 Å². The number of nitrogens with two attached hydrogens (primary N) is 1. The van der Waals surface area contributed by atoms with E-state index in [-0.39, 0.29) is 5.91 Å². The summed E-state index contributed by atoms with van der Waals surface area (Å²) in [5.74, 6) is 0.496. The van der Waals surface area contributed by atoms with Crippen molar-refractivity contribution < 1.29 is 4.79 Å². The quantitative estimate of drug-likeness (QED) is 0.760. The Hall–Kier alpha value is -1.36. The topological polar surface area (TPSA) is 72.9 Å². The molecule has 0 bridgehead atoms. The van der Waals surface area contributed by atoms with Gasteiger partial charge in [-0.1, -0.05) is 20.8 Å². The van der Waals surface area contributed by atoms with Crippen molar-refractivity contribution in [3.05, 3.63) is 11.8 Å². The molecule has 0 saturated heterocycles. The molecule has 5 nitrogen and oxygen atoms in total. The molecule has 0 spiro atoms. The molecule has 0 aliphatic rings. The van der Waals surface area contributed by atoms with Crippen molar-refractivity contribution in [2.45, 2.75) is 27.3 Å². The third-order valence-corrected chi connectivity index (χ3v) is 2.04. The van der Waals surface area contributed by atoms with Crippen molar-refractivity contribution in [3.8, 4) is 0 Å². The van der Waals surface area contributed by atoms with Gasteiger partial charge in [-0.2, -0.15) is 5.10 Å². The first-order valence-corrected chi connectivity index (χ1v) is 4.88. The third-order valence-electron chi connectivity index (χ3n) is 2.04. The minimum absolute atomic E-state index is 0.0594. The van der Waals surface area contributed by atoms with E-state index < -0.39 is 5.41 Å². The number of amides is 1. The van der Waals surface area contributed by atoms with Gasteiger partial charge in [0.15, 0.2) is 5.82 Å². The van der Waals surface area contributed by atoms with Crippen LogP contribution < -0.4 is 11.1 Å². The standard InChI is InChI=1S/C10H18N4O/c1-10(2,3)9(15)12-8-7(5-11)6-14(4)13-8/h6H,5,11H2,1-4H3,(H,12,13,15). The van der Waals surface area contributed by atoms with Crippen LogP contribution in [0.25, 0.3) is 0 Å². The number of carbonyl (C=O) groups excluding carboxylic acids is 1. The van der Waals surface area contributed by atoms with Gasteiger partial charge in [-0.25, -0.2) is 0 Å². The van der Waals surface area contributed by atoms with Crippen molar-refractivity contribution >= 4 is 11.7 Å². The lowest BCUT2D eigenvalue weighted by atomic mass is 9.96. The molecular formula is C10H18N4O. The molecule has 5 heteroatoms. The molecule has 0 saturated carbocycles. The monoisotopic (exact) mass is 210 g/mol. The Morgan fingerprint density at radius 3 is 2.67 bits per heavy atom. The Labute approximate surface area is 89.6 Å². The fourth-order valence-electron chi connectivity index (χ4n) is 1.09. The molecule has 1 heterocycles. The average Bonchev–Trinajstić information content (AvgIpc) is 2.44. The second kappa shape index (κ2) is 4.02. The second-order valence-corrected chi connectivity index (χ2v) is 4.58. The lowest BCUT2D eigenvalue weighted by molar-refractivity contribution is -0.123. The zero-order valence-electron chi connectivity index (χ0n) is 9.66. The lowest BCUT2D eigenvalue weighted by Crippen LogP contribution is -2.28. The smallest absolute Gasteiger partial charge is 0.230 e. The predicted molar refractivity (Wildman–Crippen MR) is 59.2 cm³/mol. The van der Waals surface area contributed by atoms with Crippen molar-refractivity contribution in [2.75, 3.05) is 5.32 Å². The summed E-state index contributed by atoms with van der Waals surface area (Å²) in [5, 5.41) is 6.91. The minimum atomic E-state index is -0.427. The van der Waals surface area contributed by atoms with Gasteiger partial charge in [0, 0.05) is 30.8 Å². The summed E-state index contributed by atoms with van der Waals surface area (Å²) in [6.45, 7) is 5.93. The summed E-state index contributed by atoms with van der Waals surface area (Å²) in [4.78, 5) is 11.7. The van der Waals surface area contributed by atoms with Crippen LogP contribution >= 0.6 is 0 Å². The first-order chi connectivity index (χ1) is 6.84. The summed E-state index contributed by atoms with van der Waals surface area (Å²) in [5.41, 5.74) is 5.96. The Kier molecular flexibility index (Phi) is 3.14. The van der Waals surface area contributed by atoms with E-state index in [2.05, 4.69) is 10.4 Å². The minimum Gasteiger partial charge on any atom is -0.326 e. The zero-order valence-corrected chi connectivity index (χ0v) is 9.66. The van der Waals surface area contributed by atoms with Crippen LogP contribution in [-0.4, -0.2) is 15.7 Å². The van der Waals surface area contributed by atoms with E-state index in [1.807, 2.05) is 20.8 Å². The summed E-state index contributed by atoms with van der Waals surface area (Å²) >= 11 is 0. The number of aryl methyl sites for hydroxylation is 1. The molecule has 1 amide bonds. The van der Waals surface area contributed by atoms with Gasteiger partial charge in [-0.3, -0.25) is 9.48 Å². The fraction of sp³-hybridized carbons (Fsp3) is 0.600. The van der Waals surface area contributed by atoms with Crippen molar-refractivity contribution in [2.24, 2.45) is 18.2 Å². The van der Waals surface area contributed by atoms with E-state index in [9.17, 15) is 4.79 Å². The zero-order chi connectivity index (χ0) is 11.6. The first-order valence-electron chi connectivity index (χ1n) is 4.88. The molecule has 0 aliphatic carbocycles. The van der Waals surface area contributed by atoms with Gasteiger partial charge in [0.2, 0.25) is 5.91 Å². The van der Waals surface area contributed by atoms with Crippen molar-refractivity contribution in [1.82, 2.24) is 9.78 Å². The van der Waals surface area contributed by atoms with Crippen molar-refractivity contribution in [1.29, 1.82) is 0 Å².